The molecule has 0 spiro atoms. The Labute approximate surface area is 166 Å². The highest BCUT2D eigenvalue weighted by atomic mass is 16.5. The molecule has 28 heavy (non-hydrogen) atoms. The molecule has 1 heterocycles. The van der Waals surface area contributed by atoms with Gasteiger partial charge in [-0.05, 0) is 44.5 Å². The monoisotopic (exact) mass is 386 g/mol. The molecule has 1 aromatic heterocycles. The van der Waals surface area contributed by atoms with Gasteiger partial charge < -0.3 is 4.74 Å². The number of nitrogens with zero attached hydrogens (tertiary/aromatic N) is 2. The molecule has 0 fully saturated rings. The van der Waals surface area contributed by atoms with Gasteiger partial charge in [-0.3, -0.25) is 25.1 Å². The molecule has 2 amide bonds. The van der Waals surface area contributed by atoms with Gasteiger partial charge in [0.2, 0.25) is 5.91 Å². The maximum Gasteiger partial charge on any atom is 0.269 e. The number of aromatic nitrogens is 2. The Kier molecular flexibility index (Phi) is 8.04. The fourth-order valence-corrected chi connectivity index (χ4v) is 2.90. The third-order valence-electron chi connectivity index (χ3n) is 4.69. The Balaban J connectivity index is 1.78. The highest BCUT2D eigenvalue weighted by molar-refractivity contribution is 5.95. The molecule has 0 saturated heterocycles. The Morgan fingerprint density at radius 1 is 1.07 bits per heavy atom. The summed E-state index contributed by atoms with van der Waals surface area (Å²) in [6.07, 6.45) is 4.76. The summed E-state index contributed by atoms with van der Waals surface area (Å²) in [5.41, 5.74) is 7.97. The molecule has 0 atom stereocenters. The number of unbranched alkanes of at least 4 members (excludes halogenated alkanes) is 3. The molecule has 0 aliphatic heterocycles. The smallest absolute Gasteiger partial charge is 0.269 e. The molecule has 0 aliphatic carbocycles. The van der Waals surface area contributed by atoms with E-state index in [9.17, 15) is 9.59 Å². The van der Waals surface area contributed by atoms with E-state index in [2.05, 4.69) is 22.9 Å². The van der Waals surface area contributed by atoms with Gasteiger partial charge in [-0.1, -0.05) is 26.2 Å². The average Bonchev–Trinajstić information content (AvgIpc) is 2.92. The van der Waals surface area contributed by atoms with Crippen molar-refractivity contribution >= 4 is 11.8 Å². The standard InChI is InChI=1S/C21H30N4O3/c1-5-6-7-8-13-28-18-11-9-17(10-12-18)21(27)23-22-20(26)14-19-15(2)24-25(4)16(19)3/h9-12H,5-8,13-14H2,1-4H3,(H,22,26)(H,23,27). The largest absolute Gasteiger partial charge is 0.494 e. The van der Waals surface area contributed by atoms with Crippen molar-refractivity contribution in [1.29, 1.82) is 0 Å². The van der Waals surface area contributed by atoms with Crippen LogP contribution in [0.3, 0.4) is 0 Å². The number of ether oxygens (including phenoxy) is 1. The summed E-state index contributed by atoms with van der Waals surface area (Å²) in [7, 11) is 1.84. The van der Waals surface area contributed by atoms with Crippen LogP contribution < -0.4 is 15.6 Å². The highest BCUT2D eigenvalue weighted by Gasteiger charge is 2.14. The van der Waals surface area contributed by atoms with Gasteiger partial charge in [-0.2, -0.15) is 5.10 Å². The number of rotatable bonds is 9. The quantitative estimate of drug-likeness (QED) is 0.512. The number of hydrazine groups is 1. The summed E-state index contributed by atoms with van der Waals surface area (Å²) in [6, 6.07) is 6.88. The average molecular weight is 386 g/mol. The second kappa shape index (κ2) is 10.5. The van der Waals surface area contributed by atoms with E-state index in [1.54, 1.807) is 28.9 Å². The minimum Gasteiger partial charge on any atom is -0.494 e. The Morgan fingerprint density at radius 3 is 2.39 bits per heavy atom. The lowest BCUT2D eigenvalue weighted by Gasteiger charge is -2.09. The fraction of sp³-hybridized carbons (Fsp3) is 0.476. The molecule has 152 valence electrons. The van der Waals surface area contributed by atoms with E-state index in [1.165, 1.54) is 12.8 Å². The number of carbonyl (C=O) groups excluding carboxylic acids is 2. The van der Waals surface area contributed by atoms with Crippen LogP contribution in [0.15, 0.2) is 24.3 Å². The molecule has 2 aromatic rings. The maximum atomic E-state index is 12.2. The number of amides is 2. The number of hydrogen-bond acceptors (Lipinski definition) is 4. The molecule has 0 aliphatic rings. The van der Waals surface area contributed by atoms with Crippen molar-refractivity contribution in [1.82, 2.24) is 20.6 Å². The lowest BCUT2D eigenvalue weighted by atomic mass is 10.1. The second-order valence-corrected chi connectivity index (χ2v) is 6.89. The zero-order valence-corrected chi connectivity index (χ0v) is 17.2. The summed E-state index contributed by atoms with van der Waals surface area (Å²) in [6.45, 7) is 6.62. The number of carbonyl (C=O) groups is 2. The predicted octanol–water partition coefficient (Wildman–Crippen LogP) is 3.00. The zero-order chi connectivity index (χ0) is 20.5. The first kappa shape index (κ1) is 21.5. The molecule has 7 nitrogen and oxygen atoms in total. The third-order valence-corrected chi connectivity index (χ3v) is 4.69. The van der Waals surface area contributed by atoms with Crippen LogP contribution in [0.4, 0.5) is 0 Å². The lowest BCUT2D eigenvalue weighted by molar-refractivity contribution is -0.121. The van der Waals surface area contributed by atoms with Gasteiger partial charge in [-0.15, -0.1) is 0 Å². The topological polar surface area (TPSA) is 85.2 Å². The summed E-state index contributed by atoms with van der Waals surface area (Å²) in [4.78, 5) is 24.3. The minimum atomic E-state index is -0.373. The van der Waals surface area contributed by atoms with E-state index in [0.29, 0.717) is 12.2 Å². The first-order valence-corrected chi connectivity index (χ1v) is 9.73. The second-order valence-electron chi connectivity index (χ2n) is 6.89. The van der Waals surface area contributed by atoms with Crippen molar-refractivity contribution < 1.29 is 14.3 Å². The van der Waals surface area contributed by atoms with Crippen LogP contribution in [-0.4, -0.2) is 28.2 Å². The normalized spacial score (nSPS) is 10.6. The van der Waals surface area contributed by atoms with E-state index in [0.717, 1.165) is 35.5 Å². The lowest BCUT2D eigenvalue weighted by Crippen LogP contribution is -2.42. The van der Waals surface area contributed by atoms with Crippen molar-refractivity contribution in [3.05, 3.63) is 46.8 Å². The molecule has 0 saturated carbocycles. The van der Waals surface area contributed by atoms with Gasteiger partial charge in [0.25, 0.3) is 5.91 Å². The van der Waals surface area contributed by atoms with Crippen molar-refractivity contribution in [2.45, 2.75) is 52.9 Å². The molecular formula is C21H30N4O3. The first-order valence-electron chi connectivity index (χ1n) is 9.73. The summed E-state index contributed by atoms with van der Waals surface area (Å²) in [5.74, 6) is 0.0710. The molecule has 0 radical (unpaired) electrons. The molecular weight excluding hydrogens is 356 g/mol. The third kappa shape index (κ3) is 6.11. The van der Waals surface area contributed by atoms with Gasteiger partial charge in [0.1, 0.15) is 5.75 Å². The fourth-order valence-electron chi connectivity index (χ4n) is 2.90. The molecule has 0 unspecified atom stereocenters. The Morgan fingerprint density at radius 2 is 1.79 bits per heavy atom. The van der Waals surface area contributed by atoms with Gasteiger partial charge in [0.15, 0.2) is 0 Å². The maximum absolute atomic E-state index is 12.2. The van der Waals surface area contributed by atoms with Gasteiger partial charge in [0.05, 0.1) is 18.7 Å². The van der Waals surface area contributed by atoms with E-state index >= 15 is 0 Å². The van der Waals surface area contributed by atoms with E-state index in [1.807, 2.05) is 20.9 Å². The SMILES string of the molecule is CCCCCCOc1ccc(C(=O)NNC(=O)Cc2c(C)nn(C)c2C)cc1. The molecule has 0 bridgehead atoms. The van der Waals surface area contributed by atoms with Crippen LogP contribution in [0, 0.1) is 13.8 Å². The van der Waals surface area contributed by atoms with Crippen LogP contribution in [0.25, 0.3) is 0 Å². The molecule has 2 N–H and O–H groups in total. The summed E-state index contributed by atoms with van der Waals surface area (Å²) in [5, 5.41) is 4.29. The van der Waals surface area contributed by atoms with Gasteiger partial charge in [-0.25, -0.2) is 0 Å². The summed E-state index contributed by atoms with van der Waals surface area (Å²) < 4.78 is 7.41. The Bertz CT molecular complexity index is 797. The van der Waals surface area contributed by atoms with Crippen molar-refractivity contribution in [2.75, 3.05) is 6.61 Å². The molecule has 2 rings (SSSR count). The van der Waals surface area contributed by atoms with Crippen LogP contribution in [0.1, 0.15) is 59.9 Å². The zero-order valence-electron chi connectivity index (χ0n) is 17.2. The van der Waals surface area contributed by atoms with Crippen molar-refractivity contribution in [3.63, 3.8) is 0 Å². The van der Waals surface area contributed by atoms with Crippen molar-refractivity contribution in [2.24, 2.45) is 7.05 Å². The van der Waals surface area contributed by atoms with E-state index in [4.69, 9.17) is 4.74 Å². The number of hydrogen-bond donors (Lipinski definition) is 2. The van der Waals surface area contributed by atoms with Crippen molar-refractivity contribution in [3.8, 4) is 5.75 Å². The molecule has 1 aromatic carbocycles. The van der Waals surface area contributed by atoms with E-state index in [-0.39, 0.29) is 18.2 Å². The molecule has 7 heteroatoms. The van der Waals surface area contributed by atoms with Crippen LogP contribution in [0.2, 0.25) is 0 Å². The highest BCUT2D eigenvalue weighted by Crippen LogP contribution is 2.14. The Hall–Kier alpha value is -2.83. The van der Waals surface area contributed by atoms with Gasteiger partial charge in [0, 0.05) is 23.9 Å². The van der Waals surface area contributed by atoms with Crippen LogP contribution in [0.5, 0.6) is 5.75 Å². The number of benzene rings is 1. The van der Waals surface area contributed by atoms with Gasteiger partial charge >= 0.3 is 0 Å². The first-order chi connectivity index (χ1) is 13.4. The van der Waals surface area contributed by atoms with Crippen LogP contribution in [-0.2, 0) is 18.3 Å². The number of aryl methyl sites for hydroxylation is 2. The minimum absolute atomic E-state index is 0.163. The van der Waals surface area contributed by atoms with E-state index < -0.39 is 0 Å². The predicted molar refractivity (Wildman–Crippen MR) is 108 cm³/mol. The number of nitrogens with one attached hydrogen (secondary N) is 2. The summed E-state index contributed by atoms with van der Waals surface area (Å²) >= 11 is 0. The van der Waals surface area contributed by atoms with Crippen LogP contribution >= 0.6 is 0 Å².